The molecule has 1 aliphatic rings. The van der Waals surface area contributed by atoms with E-state index in [1.807, 2.05) is 0 Å². The molecule has 1 saturated heterocycles. The molecule has 110 valence electrons. The van der Waals surface area contributed by atoms with Crippen LogP contribution in [-0.2, 0) is 6.42 Å². The van der Waals surface area contributed by atoms with Gasteiger partial charge in [-0.15, -0.1) is 0 Å². The number of hydrogen-bond acceptors (Lipinski definition) is 3. The van der Waals surface area contributed by atoms with Crippen LogP contribution in [-0.4, -0.2) is 16.5 Å². The molecule has 0 radical (unpaired) electrons. The van der Waals surface area contributed by atoms with Crippen LogP contribution in [0, 0.1) is 20.8 Å². The van der Waals surface area contributed by atoms with Gasteiger partial charge in [0.2, 0.25) is 0 Å². The van der Waals surface area contributed by atoms with Crippen LogP contribution in [0.5, 0.6) is 0 Å². The summed E-state index contributed by atoms with van der Waals surface area (Å²) in [4.78, 5) is 9.53. The van der Waals surface area contributed by atoms with Crippen molar-refractivity contribution < 1.29 is 0 Å². The zero-order valence-electron chi connectivity index (χ0n) is 13.1. The highest BCUT2D eigenvalue weighted by atomic mass is 15.0. The molecule has 0 amide bonds. The molecule has 1 aromatic heterocycles. The van der Waals surface area contributed by atoms with Crippen LogP contribution in [0.4, 0.5) is 0 Å². The van der Waals surface area contributed by atoms with Crippen molar-refractivity contribution in [3.05, 3.63) is 58.2 Å². The van der Waals surface area contributed by atoms with Gasteiger partial charge < -0.3 is 5.32 Å². The van der Waals surface area contributed by atoms with E-state index in [1.54, 1.807) is 0 Å². The summed E-state index contributed by atoms with van der Waals surface area (Å²) >= 11 is 0. The maximum atomic E-state index is 4.76. The zero-order chi connectivity index (χ0) is 14.8. The van der Waals surface area contributed by atoms with E-state index >= 15 is 0 Å². The minimum absolute atomic E-state index is 0.442. The number of aryl methyl sites for hydroxylation is 3. The van der Waals surface area contributed by atoms with Gasteiger partial charge in [-0.25, -0.2) is 9.97 Å². The standard InChI is InChI=1S/C18H23N3/c1-12-7-4-5-8-15(12)11-17-20-13(2)18(14(3)21-17)16-9-6-10-19-16/h4-5,7-8,16,19H,6,9-11H2,1-3H3. The predicted molar refractivity (Wildman–Crippen MR) is 85.5 cm³/mol. The molecule has 1 atom stereocenters. The highest BCUT2D eigenvalue weighted by Crippen LogP contribution is 2.27. The molecular formula is C18H23N3. The van der Waals surface area contributed by atoms with Crippen molar-refractivity contribution in [2.75, 3.05) is 6.54 Å². The minimum atomic E-state index is 0.442. The number of aromatic nitrogens is 2. The van der Waals surface area contributed by atoms with Gasteiger partial charge in [-0.05, 0) is 51.3 Å². The number of hydrogen-bond donors (Lipinski definition) is 1. The average molecular weight is 281 g/mol. The lowest BCUT2D eigenvalue weighted by molar-refractivity contribution is 0.627. The Bertz CT molecular complexity index is 620. The van der Waals surface area contributed by atoms with E-state index in [-0.39, 0.29) is 0 Å². The SMILES string of the molecule is Cc1ccccc1Cc1nc(C)c(C2CCCN2)c(C)n1. The summed E-state index contributed by atoms with van der Waals surface area (Å²) < 4.78 is 0. The van der Waals surface area contributed by atoms with Gasteiger partial charge in [-0.1, -0.05) is 24.3 Å². The van der Waals surface area contributed by atoms with E-state index in [4.69, 9.17) is 9.97 Å². The van der Waals surface area contributed by atoms with Gasteiger partial charge in [0.15, 0.2) is 0 Å². The topological polar surface area (TPSA) is 37.8 Å². The Morgan fingerprint density at radius 2 is 1.81 bits per heavy atom. The van der Waals surface area contributed by atoms with Crippen LogP contribution in [0.2, 0.25) is 0 Å². The molecule has 3 heteroatoms. The molecule has 3 nitrogen and oxygen atoms in total. The van der Waals surface area contributed by atoms with Gasteiger partial charge >= 0.3 is 0 Å². The fourth-order valence-electron chi connectivity index (χ4n) is 3.29. The van der Waals surface area contributed by atoms with E-state index in [1.165, 1.54) is 29.5 Å². The first-order valence-corrected chi connectivity index (χ1v) is 7.77. The van der Waals surface area contributed by atoms with Gasteiger partial charge in [0.25, 0.3) is 0 Å². The molecule has 21 heavy (non-hydrogen) atoms. The largest absolute Gasteiger partial charge is 0.310 e. The number of nitrogens with zero attached hydrogens (tertiary/aromatic N) is 2. The van der Waals surface area contributed by atoms with Crippen LogP contribution >= 0.6 is 0 Å². The van der Waals surface area contributed by atoms with E-state index in [0.717, 1.165) is 30.2 Å². The van der Waals surface area contributed by atoms with Crippen molar-refractivity contribution in [3.63, 3.8) is 0 Å². The Morgan fingerprint density at radius 3 is 2.43 bits per heavy atom. The molecule has 2 heterocycles. The highest BCUT2D eigenvalue weighted by molar-refractivity contribution is 5.32. The molecule has 1 fully saturated rings. The fourth-order valence-corrected chi connectivity index (χ4v) is 3.29. The first-order valence-electron chi connectivity index (χ1n) is 7.77. The summed E-state index contributed by atoms with van der Waals surface area (Å²) in [5.74, 6) is 0.932. The summed E-state index contributed by atoms with van der Waals surface area (Å²) in [6.07, 6.45) is 3.25. The molecular weight excluding hydrogens is 258 g/mol. The van der Waals surface area contributed by atoms with Crippen LogP contribution in [0.25, 0.3) is 0 Å². The van der Waals surface area contributed by atoms with Crippen LogP contribution < -0.4 is 5.32 Å². The number of nitrogens with one attached hydrogen (secondary N) is 1. The first-order chi connectivity index (χ1) is 10.1. The molecule has 2 aromatic rings. The molecule has 3 rings (SSSR count). The Labute approximate surface area is 126 Å². The van der Waals surface area contributed by atoms with E-state index in [2.05, 4.69) is 50.4 Å². The summed E-state index contributed by atoms with van der Waals surface area (Å²) in [5.41, 5.74) is 6.18. The molecule has 1 unspecified atom stereocenters. The van der Waals surface area contributed by atoms with Gasteiger partial charge in [0.05, 0.1) is 0 Å². The summed E-state index contributed by atoms with van der Waals surface area (Å²) in [6.45, 7) is 7.48. The third kappa shape index (κ3) is 2.98. The second-order valence-corrected chi connectivity index (χ2v) is 5.98. The maximum absolute atomic E-state index is 4.76. The van der Waals surface area contributed by atoms with Crippen molar-refractivity contribution in [1.82, 2.24) is 15.3 Å². The summed E-state index contributed by atoms with van der Waals surface area (Å²) in [6, 6.07) is 8.91. The van der Waals surface area contributed by atoms with Crippen molar-refractivity contribution in [3.8, 4) is 0 Å². The third-order valence-corrected chi connectivity index (χ3v) is 4.39. The van der Waals surface area contributed by atoms with E-state index < -0.39 is 0 Å². The Balaban J connectivity index is 1.89. The molecule has 1 N–H and O–H groups in total. The van der Waals surface area contributed by atoms with Crippen molar-refractivity contribution in [1.29, 1.82) is 0 Å². The first kappa shape index (κ1) is 14.2. The third-order valence-electron chi connectivity index (χ3n) is 4.39. The van der Waals surface area contributed by atoms with Crippen LogP contribution in [0.1, 0.15) is 52.8 Å². The monoisotopic (exact) mass is 281 g/mol. The Hall–Kier alpha value is -1.74. The minimum Gasteiger partial charge on any atom is -0.310 e. The quantitative estimate of drug-likeness (QED) is 0.936. The summed E-state index contributed by atoms with van der Waals surface area (Å²) in [7, 11) is 0. The average Bonchev–Trinajstić information content (AvgIpc) is 2.94. The number of rotatable bonds is 3. The lowest BCUT2D eigenvalue weighted by Crippen LogP contribution is -2.18. The smallest absolute Gasteiger partial charge is 0.133 e. The molecule has 1 aliphatic heterocycles. The second kappa shape index (κ2) is 5.94. The van der Waals surface area contributed by atoms with Gasteiger partial charge in [0.1, 0.15) is 5.82 Å². The lowest BCUT2D eigenvalue weighted by Gasteiger charge is -2.17. The molecule has 0 bridgehead atoms. The number of benzene rings is 1. The van der Waals surface area contributed by atoms with Crippen molar-refractivity contribution >= 4 is 0 Å². The van der Waals surface area contributed by atoms with Crippen LogP contribution in [0.15, 0.2) is 24.3 Å². The van der Waals surface area contributed by atoms with Crippen LogP contribution in [0.3, 0.4) is 0 Å². The van der Waals surface area contributed by atoms with Crippen molar-refractivity contribution in [2.45, 2.75) is 46.1 Å². The normalized spacial score (nSPS) is 18.1. The van der Waals surface area contributed by atoms with Gasteiger partial charge in [0, 0.05) is 29.4 Å². The van der Waals surface area contributed by atoms with E-state index in [9.17, 15) is 0 Å². The van der Waals surface area contributed by atoms with Gasteiger partial charge in [-0.2, -0.15) is 0 Å². The van der Waals surface area contributed by atoms with E-state index in [0.29, 0.717) is 6.04 Å². The Kier molecular flexibility index (Phi) is 4.02. The lowest BCUT2D eigenvalue weighted by atomic mass is 10.0. The second-order valence-electron chi connectivity index (χ2n) is 5.98. The van der Waals surface area contributed by atoms with Crippen molar-refractivity contribution in [2.24, 2.45) is 0 Å². The Morgan fingerprint density at radius 1 is 1.10 bits per heavy atom. The zero-order valence-corrected chi connectivity index (χ0v) is 13.1. The molecule has 0 spiro atoms. The van der Waals surface area contributed by atoms with Gasteiger partial charge in [-0.3, -0.25) is 0 Å². The fraction of sp³-hybridized carbons (Fsp3) is 0.444. The molecule has 1 aromatic carbocycles. The molecule has 0 saturated carbocycles. The summed E-state index contributed by atoms with van der Waals surface area (Å²) in [5, 5.41) is 3.55. The molecule has 0 aliphatic carbocycles. The predicted octanol–water partition coefficient (Wildman–Crippen LogP) is 3.42. The maximum Gasteiger partial charge on any atom is 0.133 e. The highest BCUT2D eigenvalue weighted by Gasteiger charge is 2.22.